The summed E-state index contributed by atoms with van der Waals surface area (Å²) in [4.78, 5) is 11.7. The summed E-state index contributed by atoms with van der Waals surface area (Å²) in [5.74, 6) is 0. The standard InChI is InChI=1S/C20H29NO2S/c1-19(2,3)12-15-13-24-17-14(8-7-9-16(15)17)10-11-21-18(22)23-20(4,5)6/h7-9,13H,10-12H2,1-6H3,(H,21,22). The van der Waals surface area contributed by atoms with E-state index in [4.69, 9.17) is 4.74 Å². The lowest BCUT2D eigenvalue weighted by Crippen LogP contribution is -2.33. The quantitative estimate of drug-likeness (QED) is 0.786. The molecule has 1 aromatic carbocycles. The topological polar surface area (TPSA) is 38.3 Å². The minimum absolute atomic E-state index is 0.280. The number of hydrogen-bond donors (Lipinski definition) is 1. The number of thiophene rings is 1. The normalized spacial score (nSPS) is 12.4. The number of benzene rings is 1. The van der Waals surface area contributed by atoms with Gasteiger partial charge < -0.3 is 10.1 Å². The summed E-state index contributed by atoms with van der Waals surface area (Å²) in [7, 11) is 0. The number of amides is 1. The monoisotopic (exact) mass is 347 g/mol. The lowest BCUT2D eigenvalue weighted by Gasteiger charge is -2.19. The Bertz CT molecular complexity index is 704. The molecule has 4 heteroatoms. The van der Waals surface area contributed by atoms with Crippen molar-refractivity contribution in [3.8, 4) is 0 Å². The van der Waals surface area contributed by atoms with Crippen LogP contribution in [0.1, 0.15) is 52.7 Å². The van der Waals surface area contributed by atoms with Gasteiger partial charge in [0.15, 0.2) is 0 Å². The van der Waals surface area contributed by atoms with Crippen LogP contribution < -0.4 is 5.32 Å². The van der Waals surface area contributed by atoms with Gasteiger partial charge in [-0.1, -0.05) is 39.0 Å². The summed E-state index contributed by atoms with van der Waals surface area (Å²) in [5.41, 5.74) is 2.53. The van der Waals surface area contributed by atoms with Crippen molar-refractivity contribution >= 4 is 27.5 Å². The maximum atomic E-state index is 11.7. The first-order chi connectivity index (χ1) is 11.1. The third-order valence-electron chi connectivity index (χ3n) is 3.54. The van der Waals surface area contributed by atoms with Crippen LogP contribution in [0.4, 0.5) is 4.79 Å². The average Bonchev–Trinajstić information content (AvgIpc) is 2.79. The number of carbonyl (C=O) groups is 1. The Morgan fingerprint density at radius 2 is 1.83 bits per heavy atom. The van der Waals surface area contributed by atoms with E-state index in [1.807, 2.05) is 20.8 Å². The fraction of sp³-hybridized carbons (Fsp3) is 0.550. The van der Waals surface area contributed by atoms with E-state index >= 15 is 0 Å². The predicted molar refractivity (Wildman–Crippen MR) is 103 cm³/mol. The molecule has 132 valence electrons. The molecule has 0 bridgehead atoms. The second kappa shape index (κ2) is 7.14. The van der Waals surface area contributed by atoms with E-state index in [0.29, 0.717) is 6.54 Å². The van der Waals surface area contributed by atoms with Crippen LogP contribution in [-0.2, 0) is 17.6 Å². The Labute approximate surface area is 149 Å². The highest BCUT2D eigenvalue weighted by molar-refractivity contribution is 7.17. The lowest BCUT2D eigenvalue weighted by atomic mass is 9.88. The van der Waals surface area contributed by atoms with Crippen molar-refractivity contribution in [3.63, 3.8) is 0 Å². The number of fused-ring (bicyclic) bond motifs is 1. The van der Waals surface area contributed by atoms with Crippen LogP contribution in [-0.4, -0.2) is 18.2 Å². The Kier molecular flexibility index (Phi) is 5.59. The molecule has 1 aromatic heterocycles. The lowest BCUT2D eigenvalue weighted by molar-refractivity contribution is 0.0528. The molecule has 1 N–H and O–H groups in total. The van der Waals surface area contributed by atoms with Crippen LogP contribution in [0.25, 0.3) is 10.1 Å². The number of nitrogens with one attached hydrogen (secondary N) is 1. The molecule has 0 aliphatic heterocycles. The molecule has 0 aliphatic carbocycles. The first kappa shape index (κ1) is 18.8. The average molecular weight is 348 g/mol. The number of carbonyl (C=O) groups excluding carboxylic acids is 1. The van der Waals surface area contributed by atoms with Crippen molar-refractivity contribution in [3.05, 3.63) is 34.7 Å². The number of rotatable bonds is 4. The van der Waals surface area contributed by atoms with Crippen LogP contribution >= 0.6 is 11.3 Å². The Hall–Kier alpha value is -1.55. The summed E-state index contributed by atoms with van der Waals surface area (Å²) in [6.07, 6.45) is 1.54. The third kappa shape index (κ3) is 5.52. The van der Waals surface area contributed by atoms with Gasteiger partial charge in [0.2, 0.25) is 0 Å². The van der Waals surface area contributed by atoms with Crippen molar-refractivity contribution in [2.45, 2.75) is 60.0 Å². The molecule has 24 heavy (non-hydrogen) atoms. The van der Waals surface area contributed by atoms with Crippen LogP contribution in [0.2, 0.25) is 0 Å². The van der Waals surface area contributed by atoms with Crippen LogP contribution in [0.15, 0.2) is 23.6 Å². The van der Waals surface area contributed by atoms with Crippen molar-refractivity contribution in [2.75, 3.05) is 6.54 Å². The SMILES string of the molecule is CC(C)(C)Cc1csc2c(CCNC(=O)OC(C)(C)C)cccc12. The second-order valence-corrected chi connectivity index (χ2v) is 9.35. The predicted octanol–water partition coefficient (Wildman–Crippen LogP) is 5.56. The maximum absolute atomic E-state index is 11.7. The molecule has 0 saturated heterocycles. The van der Waals surface area contributed by atoms with Crippen LogP contribution in [0.3, 0.4) is 0 Å². The molecular formula is C20H29NO2S. The Morgan fingerprint density at radius 1 is 1.12 bits per heavy atom. The first-order valence-electron chi connectivity index (χ1n) is 8.50. The number of alkyl carbamates (subject to hydrolysis) is 1. The summed E-state index contributed by atoms with van der Waals surface area (Å²) in [5, 5.41) is 6.47. The minimum Gasteiger partial charge on any atom is -0.444 e. The molecule has 3 nitrogen and oxygen atoms in total. The molecule has 0 aliphatic rings. The highest BCUT2D eigenvalue weighted by Gasteiger charge is 2.17. The van der Waals surface area contributed by atoms with Crippen molar-refractivity contribution in [2.24, 2.45) is 5.41 Å². The van der Waals surface area contributed by atoms with Crippen molar-refractivity contribution < 1.29 is 9.53 Å². The Morgan fingerprint density at radius 3 is 2.46 bits per heavy atom. The number of ether oxygens (including phenoxy) is 1. The summed E-state index contributed by atoms with van der Waals surface area (Å²) in [6.45, 7) is 13.0. The smallest absolute Gasteiger partial charge is 0.407 e. The van der Waals surface area contributed by atoms with Gasteiger partial charge >= 0.3 is 6.09 Å². The van der Waals surface area contributed by atoms with Gasteiger partial charge in [-0.05, 0) is 60.9 Å². The fourth-order valence-electron chi connectivity index (χ4n) is 2.69. The molecule has 1 heterocycles. The number of hydrogen-bond acceptors (Lipinski definition) is 3. The molecule has 2 aromatic rings. The Balaban J connectivity index is 2.04. The molecule has 2 rings (SSSR count). The minimum atomic E-state index is -0.459. The van der Waals surface area contributed by atoms with Gasteiger partial charge in [-0.15, -0.1) is 11.3 Å². The van der Waals surface area contributed by atoms with Gasteiger partial charge in [-0.25, -0.2) is 4.79 Å². The first-order valence-corrected chi connectivity index (χ1v) is 9.38. The molecule has 0 atom stereocenters. The fourth-order valence-corrected chi connectivity index (χ4v) is 3.81. The van der Waals surface area contributed by atoms with Gasteiger partial charge in [0.25, 0.3) is 0 Å². The highest BCUT2D eigenvalue weighted by atomic mass is 32.1. The molecule has 0 saturated carbocycles. The second-order valence-electron chi connectivity index (χ2n) is 8.47. The molecule has 0 radical (unpaired) electrons. The van der Waals surface area contributed by atoms with Gasteiger partial charge in [0.1, 0.15) is 5.60 Å². The summed E-state index contributed by atoms with van der Waals surface area (Å²) >= 11 is 1.81. The van der Waals surface area contributed by atoms with E-state index in [2.05, 4.69) is 49.7 Å². The van der Waals surface area contributed by atoms with E-state index in [9.17, 15) is 4.79 Å². The zero-order chi connectivity index (χ0) is 18.0. The molecule has 0 unspecified atom stereocenters. The maximum Gasteiger partial charge on any atom is 0.407 e. The van der Waals surface area contributed by atoms with E-state index in [1.54, 1.807) is 11.3 Å². The van der Waals surface area contributed by atoms with Crippen molar-refractivity contribution in [1.29, 1.82) is 0 Å². The third-order valence-corrected chi connectivity index (χ3v) is 4.67. The largest absolute Gasteiger partial charge is 0.444 e. The zero-order valence-electron chi connectivity index (χ0n) is 15.7. The highest BCUT2D eigenvalue weighted by Crippen LogP contribution is 2.33. The van der Waals surface area contributed by atoms with Gasteiger partial charge in [0.05, 0.1) is 0 Å². The van der Waals surface area contributed by atoms with E-state index < -0.39 is 5.60 Å². The van der Waals surface area contributed by atoms with E-state index in [-0.39, 0.29) is 11.5 Å². The zero-order valence-corrected chi connectivity index (χ0v) is 16.5. The van der Waals surface area contributed by atoms with Gasteiger partial charge in [-0.2, -0.15) is 0 Å². The molecule has 1 amide bonds. The summed E-state index contributed by atoms with van der Waals surface area (Å²) < 4.78 is 6.61. The molecular weight excluding hydrogens is 318 g/mol. The van der Waals surface area contributed by atoms with Crippen LogP contribution in [0.5, 0.6) is 0 Å². The van der Waals surface area contributed by atoms with Gasteiger partial charge in [-0.3, -0.25) is 0 Å². The summed E-state index contributed by atoms with van der Waals surface area (Å²) in [6, 6.07) is 6.47. The van der Waals surface area contributed by atoms with Gasteiger partial charge in [0, 0.05) is 11.2 Å². The van der Waals surface area contributed by atoms with E-state index in [0.717, 1.165) is 12.8 Å². The van der Waals surface area contributed by atoms with Crippen LogP contribution in [0, 0.1) is 5.41 Å². The van der Waals surface area contributed by atoms with Crippen molar-refractivity contribution in [1.82, 2.24) is 5.32 Å². The van der Waals surface area contributed by atoms with E-state index in [1.165, 1.54) is 21.2 Å². The molecule has 0 fully saturated rings. The molecule has 0 spiro atoms.